The molecule has 0 radical (unpaired) electrons. The van der Waals surface area contributed by atoms with Gasteiger partial charge in [-0.15, -0.1) is 0 Å². The zero-order chi connectivity index (χ0) is 10.2. The minimum Gasteiger partial charge on any atom is -0.374 e. The molecule has 3 nitrogen and oxygen atoms in total. The monoisotopic (exact) mass is 199 g/mol. The normalized spacial score (nSPS) is 21.4. The zero-order valence-electron chi connectivity index (χ0n) is 9.05. The van der Waals surface area contributed by atoms with Gasteiger partial charge in [-0.05, 0) is 38.3 Å². The van der Waals surface area contributed by atoms with Crippen molar-refractivity contribution in [2.45, 2.75) is 32.6 Å². The third-order valence-corrected chi connectivity index (χ3v) is 2.61. The van der Waals surface area contributed by atoms with Crippen molar-refractivity contribution >= 4 is 5.78 Å². The van der Waals surface area contributed by atoms with Crippen LogP contribution in [0.25, 0.3) is 0 Å². The fraction of sp³-hybridized carbons (Fsp3) is 0.909. The number of Topliss-reactive ketones (excluding diaryl/α,β-unsaturated/α-hetero) is 1. The molecule has 1 saturated heterocycles. The van der Waals surface area contributed by atoms with Gasteiger partial charge in [0.1, 0.15) is 6.61 Å². The van der Waals surface area contributed by atoms with E-state index in [1.165, 1.54) is 6.42 Å². The summed E-state index contributed by atoms with van der Waals surface area (Å²) in [5.74, 6) is 0.968. The first kappa shape index (κ1) is 11.7. The van der Waals surface area contributed by atoms with Gasteiger partial charge in [0, 0.05) is 13.0 Å². The first-order valence-corrected chi connectivity index (χ1v) is 5.63. The van der Waals surface area contributed by atoms with Crippen molar-refractivity contribution < 1.29 is 9.53 Å². The van der Waals surface area contributed by atoms with E-state index in [0.717, 1.165) is 25.9 Å². The maximum atomic E-state index is 11.3. The molecule has 1 rings (SSSR count). The molecule has 0 amide bonds. The lowest BCUT2D eigenvalue weighted by Crippen LogP contribution is -2.13. The second-order valence-electron chi connectivity index (χ2n) is 3.99. The molecule has 0 aliphatic carbocycles. The van der Waals surface area contributed by atoms with Gasteiger partial charge in [0.2, 0.25) is 0 Å². The van der Waals surface area contributed by atoms with Gasteiger partial charge in [-0.3, -0.25) is 4.79 Å². The quantitative estimate of drug-likeness (QED) is 0.629. The summed E-state index contributed by atoms with van der Waals surface area (Å²) in [5, 5.41) is 3.31. The molecular weight excluding hydrogens is 178 g/mol. The maximum Gasteiger partial charge on any atom is 0.158 e. The molecule has 0 saturated carbocycles. The van der Waals surface area contributed by atoms with E-state index in [9.17, 15) is 4.79 Å². The number of nitrogens with one attached hydrogen (secondary N) is 1. The predicted octanol–water partition coefficient (Wildman–Crippen LogP) is 1.37. The molecule has 14 heavy (non-hydrogen) atoms. The fourth-order valence-electron chi connectivity index (χ4n) is 1.73. The number of hydrogen-bond acceptors (Lipinski definition) is 3. The molecule has 1 atom stereocenters. The van der Waals surface area contributed by atoms with Crippen LogP contribution in [-0.4, -0.2) is 32.1 Å². The van der Waals surface area contributed by atoms with Crippen LogP contribution in [0.15, 0.2) is 0 Å². The lowest BCUT2D eigenvalue weighted by atomic mass is 10.0. The molecule has 3 heteroatoms. The molecule has 1 heterocycles. The van der Waals surface area contributed by atoms with E-state index in [2.05, 4.69) is 12.2 Å². The van der Waals surface area contributed by atoms with Gasteiger partial charge in [0.05, 0.1) is 0 Å². The number of carbonyl (C=O) groups is 1. The van der Waals surface area contributed by atoms with Gasteiger partial charge in [-0.2, -0.15) is 0 Å². The minimum atomic E-state index is 0.255. The first-order chi connectivity index (χ1) is 6.83. The highest BCUT2D eigenvalue weighted by Crippen LogP contribution is 2.14. The Morgan fingerprint density at radius 2 is 2.43 bits per heavy atom. The van der Waals surface area contributed by atoms with Crippen molar-refractivity contribution in [2.75, 3.05) is 26.3 Å². The van der Waals surface area contributed by atoms with Crippen molar-refractivity contribution in [3.05, 3.63) is 0 Å². The summed E-state index contributed by atoms with van der Waals surface area (Å²) in [4.78, 5) is 11.3. The number of rotatable bonds is 7. The highest BCUT2D eigenvalue weighted by atomic mass is 16.5. The first-order valence-electron chi connectivity index (χ1n) is 5.63. The molecular formula is C11H21NO2. The van der Waals surface area contributed by atoms with Crippen LogP contribution in [0.3, 0.4) is 0 Å². The van der Waals surface area contributed by atoms with Crippen LogP contribution in [0.2, 0.25) is 0 Å². The van der Waals surface area contributed by atoms with Gasteiger partial charge in [-0.1, -0.05) is 6.92 Å². The maximum absolute atomic E-state index is 11.3. The third kappa shape index (κ3) is 4.72. The second kappa shape index (κ2) is 6.96. The third-order valence-electron chi connectivity index (χ3n) is 2.61. The van der Waals surface area contributed by atoms with E-state index in [-0.39, 0.29) is 5.78 Å². The van der Waals surface area contributed by atoms with Gasteiger partial charge >= 0.3 is 0 Å². The Bertz CT molecular complexity index is 165. The summed E-state index contributed by atoms with van der Waals surface area (Å²) in [6, 6.07) is 0. The van der Waals surface area contributed by atoms with Crippen LogP contribution >= 0.6 is 0 Å². The Balaban J connectivity index is 1.96. The molecule has 1 aliphatic rings. The molecule has 0 aromatic rings. The van der Waals surface area contributed by atoms with E-state index >= 15 is 0 Å². The minimum absolute atomic E-state index is 0.255. The molecule has 1 aliphatic heterocycles. The van der Waals surface area contributed by atoms with Crippen molar-refractivity contribution in [2.24, 2.45) is 5.92 Å². The zero-order valence-corrected chi connectivity index (χ0v) is 9.05. The SMILES string of the molecule is CCCOCC(=O)CCC1CCNC1. The highest BCUT2D eigenvalue weighted by Gasteiger charge is 2.15. The lowest BCUT2D eigenvalue weighted by molar-refractivity contribution is -0.123. The van der Waals surface area contributed by atoms with E-state index < -0.39 is 0 Å². The summed E-state index contributed by atoms with van der Waals surface area (Å²) in [7, 11) is 0. The summed E-state index contributed by atoms with van der Waals surface area (Å²) in [5.41, 5.74) is 0. The van der Waals surface area contributed by atoms with E-state index in [0.29, 0.717) is 25.6 Å². The molecule has 0 bridgehead atoms. The number of ether oxygens (including phenoxy) is 1. The Kier molecular flexibility index (Phi) is 5.80. The lowest BCUT2D eigenvalue weighted by Gasteiger charge is -2.06. The number of hydrogen-bond donors (Lipinski definition) is 1. The summed E-state index contributed by atoms with van der Waals surface area (Å²) >= 11 is 0. The van der Waals surface area contributed by atoms with Gasteiger partial charge in [-0.25, -0.2) is 0 Å². The standard InChI is InChI=1S/C11H21NO2/c1-2-7-14-9-11(13)4-3-10-5-6-12-8-10/h10,12H,2-9H2,1H3. The van der Waals surface area contributed by atoms with E-state index in [1.807, 2.05) is 0 Å². The second-order valence-corrected chi connectivity index (χ2v) is 3.99. The topological polar surface area (TPSA) is 38.3 Å². The van der Waals surface area contributed by atoms with Crippen LogP contribution in [0, 0.1) is 5.92 Å². The molecule has 82 valence electrons. The Labute approximate surface area is 86.2 Å². The molecule has 0 aromatic carbocycles. The number of ketones is 1. The van der Waals surface area contributed by atoms with Crippen LogP contribution in [0.4, 0.5) is 0 Å². The Morgan fingerprint density at radius 3 is 3.07 bits per heavy atom. The van der Waals surface area contributed by atoms with Crippen LogP contribution in [0.5, 0.6) is 0 Å². The predicted molar refractivity (Wildman–Crippen MR) is 56.3 cm³/mol. The average molecular weight is 199 g/mol. The van der Waals surface area contributed by atoms with Crippen molar-refractivity contribution in [1.29, 1.82) is 0 Å². The molecule has 0 spiro atoms. The van der Waals surface area contributed by atoms with Crippen LogP contribution in [-0.2, 0) is 9.53 Å². The molecule has 1 N–H and O–H groups in total. The Morgan fingerprint density at radius 1 is 1.57 bits per heavy atom. The summed E-state index contributed by atoms with van der Waals surface area (Å²) < 4.78 is 5.19. The van der Waals surface area contributed by atoms with Gasteiger partial charge in [0.15, 0.2) is 5.78 Å². The summed E-state index contributed by atoms with van der Waals surface area (Å²) in [6.07, 6.45) is 3.93. The average Bonchev–Trinajstić information content (AvgIpc) is 2.68. The van der Waals surface area contributed by atoms with E-state index in [1.54, 1.807) is 0 Å². The Hall–Kier alpha value is -0.410. The highest BCUT2D eigenvalue weighted by molar-refractivity contribution is 5.79. The fourth-order valence-corrected chi connectivity index (χ4v) is 1.73. The van der Waals surface area contributed by atoms with Crippen LogP contribution < -0.4 is 5.32 Å². The van der Waals surface area contributed by atoms with Crippen molar-refractivity contribution in [3.63, 3.8) is 0 Å². The van der Waals surface area contributed by atoms with Gasteiger partial charge in [0.25, 0.3) is 0 Å². The smallest absolute Gasteiger partial charge is 0.158 e. The molecule has 1 fully saturated rings. The summed E-state index contributed by atoms with van der Waals surface area (Å²) in [6.45, 7) is 5.27. The van der Waals surface area contributed by atoms with Crippen LogP contribution in [0.1, 0.15) is 32.6 Å². The molecule has 1 unspecified atom stereocenters. The van der Waals surface area contributed by atoms with E-state index in [4.69, 9.17) is 4.74 Å². The largest absolute Gasteiger partial charge is 0.374 e. The molecule has 0 aromatic heterocycles. The number of carbonyl (C=O) groups excluding carboxylic acids is 1. The van der Waals surface area contributed by atoms with Gasteiger partial charge < -0.3 is 10.1 Å². The van der Waals surface area contributed by atoms with Crippen molar-refractivity contribution in [3.8, 4) is 0 Å². The van der Waals surface area contributed by atoms with Crippen molar-refractivity contribution in [1.82, 2.24) is 5.32 Å².